The fourth-order valence-corrected chi connectivity index (χ4v) is 4.03. The molecule has 150 valence electrons. The molecule has 0 unspecified atom stereocenters. The van der Waals surface area contributed by atoms with Gasteiger partial charge in [-0.1, -0.05) is 13.8 Å². The van der Waals surface area contributed by atoms with Crippen molar-refractivity contribution in [3.05, 3.63) is 18.2 Å². The Morgan fingerprint density at radius 1 is 1.19 bits per heavy atom. The number of carbonyl (C=O) groups is 1. The number of nitrogens with zero attached hydrogens (tertiary/aromatic N) is 1. The molecule has 0 aromatic heterocycles. The molecule has 7 nitrogen and oxygen atoms in total. The second kappa shape index (κ2) is 12.1. The van der Waals surface area contributed by atoms with E-state index in [-0.39, 0.29) is 23.2 Å². The van der Waals surface area contributed by atoms with Gasteiger partial charge in [0.25, 0.3) is 0 Å². The van der Waals surface area contributed by atoms with Crippen LogP contribution < -0.4 is 15.4 Å². The van der Waals surface area contributed by atoms with Crippen LogP contribution in [0.4, 0.5) is 5.69 Å². The van der Waals surface area contributed by atoms with Crippen LogP contribution in [0.25, 0.3) is 0 Å². The van der Waals surface area contributed by atoms with Crippen LogP contribution in [0.2, 0.25) is 0 Å². The van der Waals surface area contributed by atoms with Crippen molar-refractivity contribution >= 4 is 34.0 Å². The number of amides is 1. The van der Waals surface area contributed by atoms with E-state index < -0.39 is 10.0 Å². The predicted octanol–water partition coefficient (Wildman–Crippen LogP) is 2.48. The van der Waals surface area contributed by atoms with E-state index in [0.29, 0.717) is 44.0 Å². The average molecular weight is 408 g/mol. The highest BCUT2D eigenvalue weighted by Gasteiger charge is 2.26. The van der Waals surface area contributed by atoms with E-state index in [1.807, 2.05) is 7.05 Å². The zero-order valence-corrected chi connectivity index (χ0v) is 17.5. The van der Waals surface area contributed by atoms with Crippen LogP contribution in [-0.2, 0) is 14.8 Å². The summed E-state index contributed by atoms with van der Waals surface area (Å²) in [5.74, 6) is 0.146. The summed E-state index contributed by atoms with van der Waals surface area (Å²) in [6.07, 6.45) is 1.08. The van der Waals surface area contributed by atoms with Gasteiger partial charge < -0.3 is 15.4 Å². The van der Waals surface area contributed by atoms with Gasteiger partial charge in [0.1, 0.15) is 10.6 Å². The first-order valence-electron chi connectivity index (χ1n) is 8.62. The van der Waals surface area contributed by atoms with Crippen LogP contribution in [-0.4, -0.2) is 51.9 Å². The van der Waals surface area contributed by atoms with Crippen molar-refractivity contribution in [1.29, 1.82) is 0 Å². The number of sulfonamides is 1. The topological polar surface area (TPSA) is 87.7 Å². The molecule has 1 rings (SSSR count). The van der Waals surface area contributed by atoms with Crippen LogP contribution >= 0.6 is 12.4 Å². The number of ether oxygens (including phenoxy) is 1. The molecule has 0 radical (unpaired) electrons. The summed E-state index contributed by atoms with van der Waals surface area (Å²) in [4.78, 5) is 12.1. The Hall–Kier alpha value is -1.35. The summed E-state index contributed by atoms with van der Waals surface area (Å²) in [7, 11) is -1.86. The van der Waals surface area contributed by atoms with E-state index in [1.165, 1.54) is 10.4 Å². The lowest BCUT2D eigenvalue weighted by atomic mass is 10.2. The van der Waals surface area contributed by atoms with Gasteiger partial charge in [0, 0.05) is 25.2 Å². The first-order valence-corrected chi connectivity index (χ1v) is 10.1. The van der Waals surface area contributed by atoms with Crippen LogP contribution in [0.5, 0.6) is 5.75 Å². The number of carbonyl (C=O) groups excluding carboxylic acids is 1. The molecule has 1 amide bonds. The highest BCUT2D eigenvalue weighted by molar-refractivity contribution is 7.89. The molecule has 0 heterocycles. The minimum Gasteiger partial charge on any atom is -0.492 e. The third kappa shape index (κ3) is 6.75. The number of hydrogen-bond acceptors (Lipinski definition) is 5. The van der Waals surface area contributed by atoms with E-state index in [4.69, 9.17) is 4.74 Å². The number of halogens is 1. The Balaban J connectivity index is 0.00000625. The number of benzene rings is 1. The summed E-state index contributed by atoms with van der Waals surface area (Å²) in [5, 5.41) is 5.73. The molecule has 0 aliphatic heterocycles. The Morgan fingerprint density at radius 3 is 2.38 bits per heavy atom. The Kier molecular flexibility index (Phi) is 11.5. The lowest BCUT2D eigenvalue weighted by Crippen LogP contribution is -2.31. The second-order valence-electron chi connectivity index (χ2n) is 5.44. The minimum atomic E-state index is -3.69. The summed E-state index contributed by atoms with van der Waals surface area (Å²) < 4.78 is 32.6. The molecule has 0 spiro atoms. The van der Waals surface area contributed by atoms with E-state index in [1.54, 1.807) is 32.9 Å². The van der Waals surface area contributed by atoms with E-state index >= 15 is 0 Å². The fraction of sp³-hybridized carbons (Fsp3) is 0.588. The zero-order valence-electron chi connectivity index (χ0n) is 15.9. The summed E-state index contributed by atoms with van der Waals surface area (Å²) in [6, 6.07) is 4.71. The summed E-state index contributed by atoms with van der Waals surface area (Å²) in [6.45, 7) is 7.21. The maximum Gasteiger partial charge on any atom is 0.246 e. The van der Waals surface area contributed by atoms with Crippen molar-refractivity contribution in [2.24, 2.45) is 0 Å². The van der Waals surface area contributed by atoms with Crippen LogP contribution in [0.15, 0.2) is 23.1 Å². The van der Waals surface area contributed by atoms with Crippen molar-refractivity contribution in [2.75, 3.05) is 38.6 Å². The van der Waals surface area contributed by atoms with Crippen molar-refractivity contribution < 1.29 is 17.9 Å². The van der Waals surface area contributed by atoms with Gasteiger partial charge in [-0.15, -0.1) is 12.4 Å². The normalized spacial score (nSPS) is 11.1. The molecule has 2 N–H and O–H groups in total. The smallest absolute Gasteiger partial charge is 0.246 e. The predicted molar refractivity (Wildman–Crippen MR) is 107 cm³/mol. The van der Waals surface area contributed by atoms with Crippen molar-refractivity contribution in [2.45, 2.75) is 38.5 Å². The van der Waals surface area contributed by atoms with Crippen molar-refractivity contribution in [3.8, 4) is 5.75 Å². The van der Waals surface area contributed by atoms with Gasteiger partial charge in [-0.3, -0.25) is 4.79 Å². The van der Waals surface area contributed by atoms with Crippen molar-refractivity contribution in [1.82, 2.24) is 9.62 Å². The Morgan fingerprint density at radius 2 is 1.85 bits per heavy atom. The van der Waals surface area contributed by atoms with Gasteiger partial charge >= 0.3 is 0 Å². The molecular weight excluding hydrogens is 378 g/mol. The standard InChI is InChI=1S/C17H29N3O4S.ClH/c1-5-20(6-2)25(22,23)16-13-14(10-11-15(16)24-7-3)19-17(21)9-8-12-18-4;/h10-11,13,18H,5-9,12H2,1-4H3,(H,19,21);1H. The number of rotatable bonds is 11. The van der Waals surface area contributed by atoms with Crippen LogP contribution in [0.1, 0.15) is 33.6 Å². The van der Waals surface area contributed by atoms with Crippen molar-refractivity contribution in [3.63, 3.8) is 0 Å². The highest BCUT2D eigenvalue weighted by Crippen LogP contribution is 2.30. The first-order chi connectivity index (χ1) is 11.9. The quantitative estimate of drug-likeness (QED) is 0.550. The summed E-state index contributed by atoms with van der Waals surface area (Å²) >= 11 is 0. The molecule has 9 heteroatoms. The second-order valence-corrected chi connectivity index (χ2v) is 7.35. The molecule has 0 saturated carbocycles. The molecule has 0 fully saturated rings. The van der Waals surface area contributed by atoms with E-state index in [0.717, 1.165) is 6.54 Å². The van der Waals surface area contributed by atoms with Gasteiger partial charge in [0.2, 0.25) is 15.9 Å². The minimum absolute atomic E-state index is 0. The molecule has 0 saturated heterocycles. The molecular formula is C17H30ClN3O4S. The van der Waals surface area contributed by atoms with Crippen LogP contribution in [0.3, 0.4) is 0 Å². The monoisotopic (exact) mass is 407 g/mol. The zero-order chi connectivity index (χ0) is 18.9. The van der Waals surface area contributed by atoms with Crippen LogP contribution in [0, 0.1) is 0 Å². The number of nitrogens with one attached hydrogen (secondary N) is 2. The average Bonchev–Trinajstić information content (AvgIpc) is 2.57. The largest absolute Gasteiger partial charge is 0.492 e. The third-order valence-corrected chi connectivity index (χ3v) is 5.75. The highest BCUT2D eigenvalue weighted by atomic mass is 35.5. The molecule has 0 aliphatic carbocycles. The lowest BCUT2D eigenvalue weighted by molar-refractivity contribution is -0.116. The Labute approximate surface area is 162 Å². The first kappa shape index (κ1) is 24.7. The maximum atomic E-state index is 12.9. The van der Waals surface area contributed by atoms with Gasteiger partial charge in [-0.25, -0.2) is 8.42 Å². The molecule has 0 bridgehead atoms. The SMILES string of the molecule is CCOc1ccc(NC(=O)CCCNC)cc1S(=O)(=O)N(CC)CC.Cl. The van der Waals surface area contributed by atoms with Gasteiger partial charge in [-0.2, -0.15) is 4.31 Å². The van der Waals surface area contributed by atoms with Gasteiger partial charge in [0.05, 0.1) is 6.61 Å². The lowest BCUT2D eigenvalue weighted by Gasteiger charge is -2.21. The molecule has 1 aromatic carbocycles. The maximum absolute atomic E-state index is 12.9. The van der Waals surface area contributed by atoms with Gasteiger partial charge in [0.15, 0.2) is 0 Å². The van der Waals surface area contributed by atoms with E-state index in [9.17, 15) is 13.2 Å². The third-order valence-electron chi connectivity index (χ3n) is 3.68. The molecule has 1 aromatic rings. The molecule has 0 aliphatic rings. The number of anilines is 1. The fourth-order valence-electron chi connectivity index (χ4n) is 2.41. The van der Waals surface area contributed by atoms with Gasteiger partial charge in [-0.05, 0) is 45.1 Å². The molecule has 0 atom stereocenters. The van der Waals surface area contributed by atoms with E-state index in [2.05, 4.69) is 10.6 Å². The Bertz CT molecular complexity index is 664. The molecule has 26 heavy (non-hydrogen) atoms. The summed E-state index contributed by atoms with van der Waals surface area (Å²) in [5.41, 5.74) is 0.448. The number of hydrogen-bond donors (Lipinski definition) is 2.